The van der Waals surface area contributed by atoms with Crippen LogP contribution in [-0.2, 0) is 11.3 Å². The number of rotatable bonds is 3. The van der Waals surface area contributed by atoms with Crippen molar-refractivity contribution in [3.63, 3.8) is 0 Å². The fraction of sp³-hybridized carbons (Fsp3) is 0.182. The summed E-state index contributed by atoms with van der Waals surface area (Å²) in [5, 5.41) is 3.58. The molecule has 0 amide bonds. The molecule has 6 heteroatoms. The van der Waals surface area contributed by atoms with Crippen molar-refractivity contribution in [2.24, 2.45) is 0 Å². The van der Waals surface area contributed by atoms with Gasteiger partial charge in [0.2, 0.25) is 5.88 Å². The van der Waals surface area contributed by atoms with E-state index in [1.165, 1.54) is 13.2 Å². The summed E-state index contributed by atoms with van der Waals surface area (Å²) in [5.41, 5.74) is 5.76. The number of anilines is 1. The van der Waals surface area contributed by atoms with E-state index in [0.717, 1.165) is 12.1 Å². The van der Waals surface area contributed by atoms with Crippen LogP contribution >= 0.6 is 0 Å². The van der Waals surface area contributed by atoms with E-state index >= 15 is 0 Å². The third-order valence-electron chi connectivity index (χ3n) is 2.25. The Morgan fingerprint density at radius 2 is 1.94 bits per heavy atom. The number of nitrogens with zero attached hydrogens (tertiary/aromatic N) is 1. The highest BCUT2D eigenvalue weighted by Gasteiger charge is 2.13. The second kappa shape index (κ2) is 4.50. The van der Waals surface area contributed by atoms with Crippen LogP contribution in [0.2, 0.25) is 0 Å². The van der Waals surface area contributed by atoms with Gasteiger partial charge in [-0.25, -0.2) is 8.78 Å². The predicted molar refractivity (Wildman–Crippen MR) is 57.0 cm³/mol. The molecule has 0 aliphatic heterocycles. The maximum Gasteiger partial charge on any atom is 0.222 e. The van der Waals surface area contributed by atoms with Crippen LogP contribution in [0.5, 0.6) is 0 Å². The zero-order chi connectivity index (χ0) is 12.4. The zero-order valence-corrected chi connectivity index (χ0v) is 9.04. The lowest BCUT2D eigenvalue weighted by Crippen LogP contribution is -1.98. The van der Waals surface area contributed by atoms with E-state index in [-0.39, 0.29) is 29.3 Å². The Balaban J connectivity index is 2.45. The lowest BCUT2D eigenvalue weighted by atomic mass is 10.1. The molecule has 90 valence electrons. The number of halogens is 2. The Hall–Kier alpha value is -1.95. The van der Waals surface area contributed by atoms with E-state index in [2.05, 4.69) is 9.68 Å². The molecule has 0 saturated carbocycles. The lowest BCUT2D eigenvalue weighted by Gasteiger charge is -2.05. The van der Waals surface area contributed by atoms with Crippen LogP contribution in [0.1, 0.15) is 5.56 Å². The summed E-state index contributed by atoms with van der Waals surface area (Å²) in [6.07, 6.45) is 0. The SMILES string of the molecule is COCc1c(F)cc(-c2cc(N)on2)cc1F. The molecular formula is C11H10F2N2O2. The smallest absolute Gasteiger partial charge is 0.222 e. The van der Waals surface area contributed by atoms with Crippen LogP contribution in [0.15, 0.2) is 22.7 Å². The number of hydrogen-bond donors (Lipinski definition) is 1. The number of nitrogen functional groups attached to an aromatic ring is 1. The van der Waals surface area contributed by atoms with Crippen LogP contribution in [-0.4, -0.2) is 12.3 Å². The summed E-state index contributed by atoms with van der Waals surface area (Å²) in [6, 6.07) is 3.72. The molecule has 0 saturated heterocycles. The first kappa shape index (κ1) is 11.5. The third-order valence-corrected chi connectivity index (χ3v) is 2.25. The van der Waals surface area contributed by atoms with E-state index in [9.17, 15) is 8.78 Å². The Morgan fingerprint density at radius 1 is 1.29 bits per heavy atom. The molecule has 2 N–H and O–H groups in total. The van der Waals surface area contributed by atoms with Crippen LogP contribution < -0.4 is 5.73 Å². The summed E-state index contributed by atoms with van der Waals surface area (Å²) < 4.78 is 36.5. The molecule has 0 radical (unpaired) electrons. The molecule has 1 aromatic heterocycles. The van der Waals surface area contributed by atoms with Crippen molar-refractivity contribution < 1.29 is 18.0 Å². The fourth-order valence-corrected chi connectivity index (χ4v) is 1.46. The number of methoxy groups -OCH3 is 1. The number of ether oxygens (including phenoxy) is 1. The van der Waals surface area contributed by atoms with E-state index in [1.807, 2.05) is 0 Å². The molecule has 2 aromatic rings. The number of nitrogens with two attached hydrogens (primary N) is 1. The summed E-state index contributed by atoms with van der Waals surface area (Å²) >= 11 is 0. The summed E-state index contributed by atoms with van der Waals surface area (Å²) in [6.45, 7) is -0.126. The summed E-state index contributed by atoms with van der Waals surface area (Å²) in [7, 11) is 1.37. The molecule has 0 aliphatic carbocycles. The Morgan fingerprint density at radius 3 is 2.41 bits per heavy atom. The van der Waals surface area contributed by atoms with Crippen molar-refractivity contribution in [2.45, 2.75) is 6.61 Å². The topological polar surface area (TPSA) is 61.3 Å². The Labute approximate surface area is 96.0 Å². The maximum atomic E-state index is 13.6. The minimum absolute atomic E-state index is 0.0850. The summed E-state index contributed by atoms with van der Waals surface area (Å²) in [5.74, 6) is -1.30. The van der Waals surface area contributed by atoms with Crippen LogP contribution in [0.25, 0.3) is 11.3 Å². The van der Waals surface area contributed by atoms with Gasteiger partial charge >= 0.3 is 0 Å². The third kappa shape index (κ3) is 2.26. The highest BCUT2D eigenvalue weighted by molar-refractivity contribution is 5.61. The molecule has 0 fully saturated rings. The molecule has 1 aromatic carbocycles. The second-order valence-corrected chi connectivity index (χ2v) is 3.47. The van der Waals surface area contributed by atoms with Crippen molar-refractivity contribution in [1.82, 2.24) is 5.16 Å². The van der Waals surface area contributed by atoms with E-state index in [1.54, 1.807) is 0 Å². The monoisotopic (exact) mass is 240 g/mol. The average Bonchev–Trinajstić information content (AvgIpc) is 2.70. The van der Waals surface area contributed by atoms with Crippen molar-refractivity contribution in [3.8, 4) is 11.3 Å². The minimum atomic E-state index is -0.691. The van der Waals surface area contributed by atoms with Gasteiger partial charge in [-0.2, -0.15) is 0 Å². The van der Waals surface area contributed by atoms with E-state index in [0.29, 0.717) is 0 Å². The number of hydrogen-bond acceptors (Lipinski definition) is 4. The van der Waals surface area contributed by atoms with Gasteiger partial charge in [0.15, 0.2) is 0 Å². The highest BCUT2D eigenvalue weighted by Crippen LogP contribution is 2.25. The fourth-order valence-electron chi connectivity index (χ4n) is 1.46. The number of aromatic nitrogens is 1. The first-order chi connectivity index (χ1) is 8.11. The second-order valence-electron chi connectivity index (χ2n) is 3.47. The molecule has 0 bridgehead atoms. The molecule has 17 heavy (non-hydrogen) atoms. The first-order valence-corrected chi connectivity index (χ1v) is 4.81. The van der Waals surface area contributed by atoms with Crippen molar-refractivity contribution in [3.05, 3.63) is 35.4 Å². The minimum Gasteiger partial charge on any atom is -0.380 e. The van der Waals surface area contributed by atoms with Crippen LogP contribution in [0.4, 0.5) is 14.7 Å². The standard InChI is InChI=1S/C11H10F2N2O2/c1-16-5-7-8(12)2-6(3-9(7)13)10-4-11(14)17-15-10/h2-4H,5,14H2,1H3. The van der Waals surface area contributed by atoms with Crippen molar-refractivity contribution in [2.75, 3.05) is 12.8 Å². The van der Waals surface area contributed by atoms with Gasteiger partial charge in [-0.1, -0.05) is 5.16 Å². The lowest BCUT2D eigenvalue weighted by molar-refractivity contribution is 0.177. The average molecular weight is 240 g/mol. The molecule has 0 aliphatic rings. The Kier molecular flexibility index (Phi) is 3.06. The largest absolute Gasteiger partial charge is 0.380 e. The van der Waals surface area contributed by atoms with Gasteiger partial charge < -0.3 is 15.0 Å². The van der Waals surface area contributed by atoms with Crippen LogP contribution in [0, 0.1) is 11.6 Å². The highest BCUT2D eigenvalue weighted by atomic mass is 19.1. The summed E-state index contributed by atoms with van der Waals surface area (Å²) in [4.78, 5) is 0. The molecule has 2 rings (SSSR count). The van der Waals surface area contributed by atoms with E-state index < -0.39 is 11.6 Å². The normalized spacial score (nSPS) is 10.8. The molecule has 1 heterocycles. The van der Waals surface area contributed by atoms with E-state index in [4.69, 9.17) is 10.5 Å². The zero-order valence-electron chi connectivity index (χ0n) is 9.04. The van der Waals surface area contributed by atoms with Gasteiger partial charge in [-0.15, -0.1) is 0 Å². The molecule has 0 spiro atoms. The first-order valence-electron chi connectivity index (χ1n) is 4.81. The quantitative estimate of drug-likeness (QED) is 0.894. The van der Waals surface area contributed by atoms with Gasteiger partial charge in [0.1, 0.15) is 17.3 Å². The molecule has 0 atom stereocenters. The maximum absolute atomic E-state index is 13.6. The van der Waals surface area contributed by atoms with Crippen LogP contribution in [0.3, 0.4) is 0 Å². The van der Waals surface area contributed by atoms with Crippen molar-refractivity contribution >= 4 is 5.88 Å². The number of benzene rings is 1. The Bertz CT molecular complexity index is 517. The van der Waals surface area contributed by atoms with Gasteiger partial charge in [0, 0.05) is 24.3 Å². The molecule has 0 unspecified atom stereocenters. The van der Waals surface area contributed by atoms with Crippen molar-refractivity contribution in [1.29, 1.82) is 0 Å². The van der Waals surface area contributed by atoms with Gasteiger partial charge in [-0.3, -0.25) is 0 Å². The molecular weight excluding hydrogens is 230 g/mol. The predicted octanol–water partition coefficient (Wildman–Crippen LogP) is 2.35. The van der Waals surface area contributed by atoms with Gasteiger partial charge in [0.25, 0.3) is 0 Å². The molecule has 4 nitrogen and oxygen atoms in total. The van der Waals surface area contributed by atoms with Gasteiger partial charge in [-0.05, 0) is 12.1 Å². The van der Waals surface area contributed by atoms with Gasteiger partial charge in [0.05, 0.1) is 6.61 Å².